The number of hydrogen-bond donors (Lipinski definition) is 2. The predicted octanol–water partition coefficient (Wildman–Crippen LogP) is 2.90. The van der Waals surface area contributed by atoms with Gasteiger partial charge in [0.15, 0.2) is 0 Å². The quantitative estimate of drug-likeness (QED) is 0.789. The lowest BCUT2D eigenvalue weighted by Crippen LogP contribution is -2.16. The Hall–Kier alpha value is -1.06. The van der Waals surface area contributed by atoms with Crippen molar-refractivity contribution < 1.29 is 9.84 Å². The molecule has 0 bridgehead atoms. The highest BCUT2D eigenvalue weighted by molar-refractivity contribution is 5.47. The van der Waals surface area contributed by atoms with Gasteiger partial charge in [-0.25, -0.2) is 0 Å². The minimum atomic E-state index is -0.616. The van der Waals surface area contributed by atoms with Gasteiger partial charge in [-0.15, -0.1) is 0 Å². The third-order valence-electron chi connectivity index (χ3n) is 3.71. The van der Waals surface area contributed by atoms with Gasteiger partial charge < -0.3 is 15.6 Å². The molecule has 1 unspecified atom stereocenters. The molecule has 100 valence electrons. The maximum absolute atomic E-state index is 10.0. The third-order valence-corrected chi connectivity index (χ3v) is 3.71. The number of nitrogens with two attached hydrogens (primary N) is 1. The summed E-state index contributed by atoms with van der Waals surface area (Å²) < 4.78 is 5.64. The van der Waals surface area contributed by atoms with E-state index >= 15 is 0 Å². The van der Waals surface area contributed by atoms with E-state index in [-0.39, 0.29) is 0 Å². The van der Waals surface area contributed by atoms with Crippen LogP contribution in [0.5, 0.6) is 0 Å². The maximum atomic E-state index is 10.0. The minimum Gasteiger partial charge on any atom is -0.398 e. The number of para-hydroxylation sites is 1. The zero-order chi connectivity index (χ0) is 12.8. The predicted molar refractivity (Wildman–Crippen MR) is 73.2 cm³/mol. The number of anilines is 1. The first-order chi connectivity index (χ1) is 8.77. The number of ether oxygens (including phenoxy) is 1. The fourth-order valence-electron chi connectivity index (χ4n) is 2.60. The Bertz CT molecular complexity index is 361. The molecule has 3 heteroatoms. The van der Waals surface area contributed by atoms with Crippen LogP contribution in [0.4, 0.5) is 5.69 Å². The molecule has 1 fully saturated rings. The number of aliphatic hydroxyl groups is 1. The van der Waals surface area contributed by atoms with Gasteiger partial charge in [-0.3, -0.25) is 0 Å². The minimum absolute atomic E-state index is 0.338. The van der Waals surface area contributed by atoms with Crippen LogP contribution in [0.2, 0.25) is 0 Å². The fourth-order valence-corrected chi connectivity index (χ4v) is 2.60. The smallest absolute Gasteiger partial charge is 0.104 e. The summed E-state index contributed by atoms with van der Waals surface area (Å²) in [5.41, 5.74) is 7.22. The highest BCUT2D eigenvalue weighted by Crippen LogP contribution is 2.25. The highest BCUT2D eigenvalue weighted by atomic mass is 16.5. The van der Waals surface area contributed by atoms with Crippen LogP contribution in [-0.4, -0.2) is 18.3 Å². The first-order valence-corrected chi connectivity index (χ1v) is 6.87. The monoisotopic (exact) mass is 249 g/mol. The van der Waals surface area contributed by atoms with Crippen LogP contribution in [0, 0.1) is 5.92 Å². The molecule has 1 atom stereocenters. The van der Waals surface area contributed by atoms with Gasteiger partial charge in [0, 0.05) is 17.9 Å². The molecule has 1 aliphatic carbocycles. The fraction of sp³-hybridized carbons (Fsp3) is 0.600. The molecular formula is C15H23NO2. The van der Waals surface area contributed by atoms with Crippen molar-refractivity contribution in [2.45, 2.75) is 38.2 Å². The molecule has 1 aromatic carbocycles. The molecule has 1 aliphatic rings. The Morgan fingerprint density at radius 1 is 1.22 bits per heavy atom. The van der Waals surface area contributed by atoms with Crippen LogP contribution in [0.3, 0.4) is 0 Å². The van der Waals surface area contributed by atoms with Crippen molar-refractivity contribution in [3.63, 3.8) is 0 Å². The average Bonchev–Trinajstić information content (AvgIpc) is 2.40. The molecule has 0 aromatic heterocycles. The zero-order valence-corrected chi connectivity index (χ0v) is 10.8. The van der Waals surface area contributed by atoms with Crippen LogP contribution in [0.25, 0.3) is 0 Å². The van der Waals surface area contributed by atoms with Crippen molar-refractivity contribution >= 4 is 5.69 Å². The number of nitrogen functional groups attached to an aromatic ring is 1. The lowest BCUT2D eigenvalue weighted by atomic mass is 9.90. The molecule has 18 heavy (non-hydrogen) atoms. The molecule has 0 spiro atoms. The molecule has 2 rings (SSSR count). The van der Waals surface area contributed by atoms with Crippen molar-refractivity contribution in [1.82, 2.24) is 0 Å². The number of aliphatic hydroxyl groups excluding tert-OH is 1. The van der Waals surface area contributed by atoms with E-state index < -0.39 is 6.10 Å². The van der Waals surface area contributed by atoms with Crippen LogP contribution in [0.1, 0.15) is 43.8 Å². The summed E-state index contributed by atoms with van der Waals surface area (Å²) in [4.78, 5) is 0. The molecule has 0 amide bonds. The molecule has 3 nitrogen and oxygen atoms in total. The van der Waals surface area contributed by atoms with E-state index in [1.54, 1.807) is 6.07 Å². The van der Waals surface area contributed by atoms with E-state index in [9.17, 15) is 5.11 Å². The van der Waals surface area contributed by atoms with Crippen LogP contribution < -0.4 is 5.73 Å². The van der Waals surface area contributed by atoms with Gasteiger partial charge in [-0.2, -0.15) is 0 Å². The van der Waals surface area contributed by atoms with Crippen molar-refractivity contribution in [2.24, 2.45) is 5.92 Å². The zero-order valence-electron chi connectivity index (χ0n) is 10.8. The standard InChI is InChI=1S/C15H23NO2/c16-14-9-5-4-8-13(14)15(17)11-18-10-12-6-2-1-3-7-12/h4-5,8-9,12,15,17H,1-3,6-7,10-11,16H2. The average molecular weight is 249 g/mol. The van der Waals surface area contributed by atoms with E-state index in [4.69, 9.17) is 10.5 Å². The summed E-state index contributed by atoms with van der Waals surface area (Å²) in [7, 11) is 0. The van der Waals surface area contributed by atoms with Crippen molar-refractivity contribution in [3.8, 4) is 0 Å². The third kappa shape index (κ3) is 3.72. The lowest BCUT2D eigenvalue weighted by Gasteiger charge is -2.22. The highest BCUT2D eigenvalue weighted by Gasteiger charge is 2.15. The van der Waals surface area contributed by atoms with Gasteiger partial charge in [0.1, 0.15) is 6.10 Å². The Kier molecular flexibility index (Phi) is 5.02. The Balaban J connectivity index is 1.74. The second-order valence-electron chi connectivity index (χ2n) is 5.19. The van der Waals surface area contributed by atoms with Gasteiger partial charge >= 0.3 is 0 Å². The van der Waals surface area contributed by atoms with E-state index in [1.807, 2.05) is 18.2 Å². The molecule has 0 saturated heterocycles. The van der Waals surface area contributed by atoms with Gasteiger partial charge in [0.2, 0.25) is 0 Å². The number of hydrogen-bond acceptors (Lipinski definition) is 3. The summed E-state index contributed by atoms with van der Waals surface area (Å²) in [5.74, 6) is 0.680. The van der Waals surface area contributed by atoms with Crippen molar-refractivity contribution in [1.29, 1.82) is 0 Å². The Morgan fingerprint density at radius 3 is 2.67 bits per heavy atom. The number of benzene rings is 1. The molecule has 3 N–H and O–H groups in total. The lowest BCUT2D eigenvalue weighted by molar-refractivity contribution is 0.0149. The van der Waals surface area contributed by atoms with Gasteiger partial charge in [0.05, 0.1) is 6.61 Å². The van der Waals surface area contributed by atoms with E-state index in [0.717, 1.165) is 12.2 Å². The van der Waals surface area contributed by atoms with E-state index in [1.165, 1.54) is 32.1 Å². The van der Waals surface area contributed by atoms with Crippen molar-refractivity contribution in [3.05, 3.63) is 29.8 Å². The summed E-state index contributed by atoms with van der Waals surface area (Å²) in [6.45, 7) is 1.11. The summed E-state index contributed by atoms with van der Waals surface area (Å²) in [6.07, 6.45) is 5.92. The first-order valence-electron chi connectivity index (χ1n) is 6.87. The molecule has 1 aromatic rings. The van der Waals surface area contributed by atoms with Gasteiger partial charge in [-0.1, -0.05) is 37.5 Å². The molecule has 0 heterocycles. The van der Waals surface area contributed by atoms with Gasteiger partial charge in [0.25, 0.3) is 0 Å². The Labute approximate surface area is 109 Å². The maximum Gasteiger partial charge on any atom is 0.104 e. The first kappa shape index (κ1) is 13.4. The summed E-state index contributed by atoms with van der Waals surface area (Å²) >= 11 is 0. The molecule has 0 radical (unpaired) electrons. The molecular weight excluding hydrogens is 226 g/mol. The Morgan fingerprint density at radius 2 is 1.94 bits per heavy atom. The van der Waals surface area contributed by atoms with Crippen LogP contribution in [0.15, 0.2) is 24.3 Å². The number of rotatable bonds is 5. The summed E-state index contributed by atoms with van der Waals surface area (Å²) in [6, 6.07) is 7.41. The van der Waals surface area contributed by atoms with Crippen LogP contribution in [-0.2, 0) is 4.74 Å². The SMILES string of the molecule is Nc1ccccc1C(O)COCC1CCCCC1. The molecule has 0 aliphatic heterocycles. The topological polar surface area (TPSA) is 55.5 Å². The second kappa shape index (κ2) is 6.76. The molecule has 1 saturated carbocycles. The second-order valence-corrected chi connectivity index (χ2v) is 5.19. The van der Waals surface area contributed by atoms with Gasteiger partial charge in [-0.05, 0) is 24.8 Å². The largest absolute Gasteiger partial charge is 0.398 e. The van der Waals surface area contributed by atoms with E-state index in [2.05, 4.69) is 0 Å². The normalized spacial score (nSPS) is 18.7. The van der Waals surface area contributed by atoms with Crippen LogP contribution >= 0.6 is 0 Å². The summed E-state index contributed by atoms with van der Waals surface area (Å²) in [5, 5.41) is 10.0. The van der Waals surface area contributed by atoms with Crippen molar-refractivity contribution in [2.75, 3.05) is 18.9 Å². The van der Waals surface area contributed by atoms with E-state index in [0.29, 0.717) is 18.2 Å².